The normalized spacial score (nSPS) is 10.5. The Bertz CT molecular complexity index is 331. The Morgan fingerprint density at radius 1 is 1.24 bits per heavy atom. The van der Waals surface area contributed by atoms with E-state index in [1.165, 1.54) is 0 Å². The number of aryl methyl sites for hydroxylation is 1. The number of halogens is 1. The second-order valence-electron chi connectivity index (χ2n) is 3.87. The van der Waals surface area contributed by atoms with Crippen LogP contribution >= 0.6 is 11.6 Å². The van der Waals surface area contributed by atoms with E-state index in [0.29, 0.717) is 6.61 Å². The fourth-order valence-corrected chi connectivity index (χ4v) is 1.73. The molecule has 0 atom stereocenters. The molecular weight excluding hydrogens is 238 g/mol. The van der Waals surface area contributed by atoms with Crippen LogP contribution in [0.1, 0.15) is 12.0 Å². The first-order valence-corrected chi connectivity index (χ1v) is 6.18. The zero-order valence-corrected chi connectivity index (χ0v) is 11.2. The third-order valence-corrected chi connectivity index (χ3v) is 2.64. The third kappa shape index (κ3) is 5.91. The van der Waals surface area contributed by atoms with Crippen molar-refractivity contribution in [3.05, 3.63) is 28.8 Å². The number of anilines is 1. The van der Waals surface area contributed by atoms with Gasteiger partial charge in [0.2, 0.25) is 0 Å². The summed E-state index contributed by atoms with van der Waals surface area (Å²) in [7, 11) is 1.70. The minimum absolute atomic E-state index is 0.675. The Hall–Kier alpha value is -0.770. The van der Waals surface area contributed by atoms with Crippen molar-refractivity contribution in [2.75, 3.05) is 38.8 Å². The van der Waals surface area contributed by atoms with Crippen LogP contribution in [0.25, 0.3) is 0 Å². The lowest BCUT2D eigenvalue weighted by Gasteiger charge is -2.09. The summed E-state index contributed by atoms with van der Waals surface area (Å²) in [6, 6.07) is 5.97. The molecule has 0 spiro atoms. The molecule has 0 amide bonds. The fourth-order valence-electron chi connectivity index (χ4n) is 1.43. The summed E-state index contributed by atoms with van der Waals surface area (Å²) >= 11 is 6.09. The first-order chi connectivity index (χ1) is 8.24. The average Bonchev–Trinajstić information content (AvgIpc) is 2.30. The number of rotatable bonds is 8. The maximum absolute atomic E-state index is 6.09. The monoisotopic (exact) mass is 257 g/mol. The number of hydrogen-bond donors (Lipinski definition) is 1. The lowest BCUT2D eigenvalue weighted by Crippen LogP contribution is -2.11. The van der Waals surface area contributed by atoms with Gasteiger partial charge < -0.3 is 14.8 Å². The van der Waals surface area contributed by atoms with Crippen LogP contribution in [0.15, 0.2) is 18.2 Å². The Morgan fingerprint density at radius 3 is 2.76 bits per heavy atom. The zero-order chi connectivity index (χ0) is 12.5. The van der Waals surface area contributed by atoms with Gasteiger partial charge in [-0.05, 0) is 31.0 Å². The molecule has 1 rings (SSSR count). The SMILES string of the molecule is COCCCOCCNc1ccc(C)cc1Cl. The van der Waals surface area contributed by atoms with Crippen molar-refractivity contribution in [1.29, 1.82) is 0 Å². The largest absolute Gasteiger partial charge is 0.385 e. The van der Waals surface area contributed by atoms with Gasteiger partial charge in [-0.2, -0.15) is 0 Å². The first-order valence-electron chi connectivity index (χ1n) is 5.80. The summed E-state index contributed by atoms with van der Waals surface area (Å²) in [5.41, 5.74) is 2.12. The van der Waals surface area contributed by atoms with Gasteiger partial charge in [0, 0.05) is 26.9 Å². The van der Waals surface area contributed by atoms with Gasteiger partial charge in [0.1, 0.15) is 0 Å². The molecular formula is C13H20ClNO2. The number of ether oxygens (including phenoxy) is 2. The second kappa shape index (κ2) is 8.34. The topological polar surface area (TPSA) is 30.5 Å². The maximum Gasteiger partial charge on any atom is 0.0640 e. The molecule has 0 heterocycles. The quantitative estimate of drug-likeness (QED) is 0.726. The summed E-state index contributed by atoms with van der Waals surface area (Å²) < 4.78 is 10.4. The van der Waals surface area contributed by atoms with Crippen LogP contribution in [0, 0.1) is 6.92 Å². The highest BCUT2D eigenvalue weighted by Crippen LogP contribution is 2.22. The first kappa shape index (κ1) is 14.3. The van der Waals surface area contributed by atoms with Crippen molar-refractivity contribution in [1.82, 2.24) is 0 Å². The van der Waals surface area contributed by atoms with Gasteiger partial charge in [0.05, 0.1) is 17.3 Å². The van der Waals surface area contributed by atoms with Crippen LogP contribution < -0.4 is 5.32 Å². The molecule has 17 heavy (non-hydrogen) atoms. The maximum atomic E-state index is 6.09. The van der Waals surface area contributed by atoms with Crippen LogP contribution in [-0.4, -0.2) is 33.5 Å². The molecule has 0 aliphatic carbocycles. The van der Waals surface area contributed by atoms with Crippen molar-refractivity contribution in [3.8, 4) is 0 Å². The second-order valence-corrected chi connectivity index (χ2v) is 4.28. The predicted octanol–water partition coefficient (Wildman–Crippen LogP) is 3.11. The number of hydrogen-bond acceptors (Lipinski definition) is 3. The van der Waals surface area contributed by atoms with E-state index in [-0.39, 0.29) is 0 Å². The number of benzene rings is 1. The van der Waals surface area contributed by atoms with Gasteiger partial charge in [-0.3, -0.25) is 0 Å². The molecule has 1 N–H and O–H groups in total. The fraction of sp³-hybridized carbons (Fsp3) is 0.538. The van der Waals surface area contributed by atoms with E-state index in [4.69, 9.17) is 21.1 Å². The van der Waals surface area contributed by atoms with E-state index in [1.54, 1.807) is 7.11 Å². The van der Waals surface area contributed by atoms with Crippen molar-refractivity contribution < 1.29 is 9.47 Å². The predicted molar refractivity (Wildman–Crippen MR) is 72.0 cm³/mol. The van der Waals surface area contributed by atoms with E-state index in [2.05, 4.69) is 5.32 Å². The van der Waals surface area contributed by atoms with Gasteiger partial charge in [0.15, 0.2) is 0 Å². The van der Waals surface area contributed by atoms with E-state index >= 15 is 0 Å². The highest BCUT2D eigenvalue weighted by atomic mass is 35.5. The van der Waals surface area contributed by atoms with Crippen LogP contribution in [0.4, 0.5) is 5.69 Å². The molecule has 4 heteroatoms. The molecule has 0 bridgehead atoms. The Morgan fingerprint density at radius 2 is 2.06 bits per heavy atom. The molecule has 0 saturated carbocycles. The van der Waals surface area contributed by atoms with Crippen LogP contribution in [0.5, 0.6) is 0 Å². The van der Waals surface area contributed by atoms with Gasteiger partial charge >= 0.3 is 0 Å². The summed E-state index contributed by atoms with van der Waals surface area (Å²) in [4.78, 5) is 0. The molecule has 0 aliphatic heterocycles. The highest BCUT2D eigenvalue weighted by molar-refractivity contribution is 6.33. The van der Waals surface area contributed by atoms with Crippen molar-refractivity contribution in [2.45, 2.75) is 13.3 Å². The summed E-state index contributed by atoms with van der Waals surface area (Å²) in [6.07, 6.45) is 0.932. The zero-order valence-electron chi connectivity index (χ0n) is 10.5. The summed E-state index contributed by atoms with van der Waals surface area (Å²) in [5.74, 6) is 0. The molecule has 0 aliphatic rings. The van der Waals surface area contributed by atoms with Crippen LogP contribution in [0.2, 0.25) is 5.02 Å². The molecule has 0 saturated heterocycles. The standard InChI is InChI=1S/C13H20ClNO2/c1-11-4-5-13(12(14)10-11)15-6-9-17-8-3-7-16-2/h4-5,10,15H,3,6-9H2,1-2H3. The minimum atomic E-state index is 0.675. The summed E-state index contributed by atoms with van der Waals surface area (Å²) in [5, 5.41) is 4.00. The molecule has 0 fully saturated rings. The third-order valence-electron chi connectivity index (χ3n) is 2.32. The Balaban J connectivity index is 2.14. The molecule has 96 valence electrons. The molecule has 3 nitrogen and oxygen atoms in total. The van der Waals surface area contributed by atoms with E-state index in [9.17, 15) is 0 Å². The van der Waals surface area contributed by atoms with Gasteiger partial charge in [0.25, 0.3) is 0 Å². The smallest absolute Gasteiger partial charge is 0.0640 e. The van der Waals surface area contributed by atoms with Crippen molar-refractivity contribution >= 4 is 17.3 Å². The van der Waals surface area contributed by atoms with Crippen molar-refractivity contribution in [3.63, 3.8) is 0 Å². The number of methoxy groups -OCH3 is 1. The van der Waals surface area contributed by atoms with E-state index < -0.39 is 0 Å². The van der Waals surface area contributed by atoms with E-state index in [1.807, 2.05) is 25.1 Å². The van der Waals surface area contributed by atoms with Gasteiger partial charge in [-0.25, -0.2) is 0 Å². The Kier molecular flexibility index (Phi) is 7.01. The Labute approximate surface area is 108 Å². The molecule has 0 unspecified atom stereocenters. The molecule has 0 aromatic heterocycles. The highest BCUT2D eigenvalue weighted by Gasteiger charge is 1.98. The van der Waals surface area contributed by atoms with Gasteiger partial charge in [-0.1, -0.05) is 17.7 Å². The number of nitrogens with one attached hydrogen (secondary N) is 1. The van der Waals surface area contributed by atoms with Crippen molar-refractivity contribution in [2.24, 2.45) is 0 Å². The van der Waals surface area contributed by atoms with E-state index in [0.717, 1.165) is 42.5 Å². The molecule has 0 radical (unpaired) electrons. The molecule has 1 aromatic carbocycles. The average molecular weight is 258 g/mol. The lowest BCUT2D eigenvalue weighted by molar-refractivity contribution is 0.109. The van der Waals surface area contributed by atoms with Gasteiger partial charge in [-0.15, -0.1) is 0 Å². The van der Waals surface area contributed by atoms with Crippen LogP contribution in [-0.2, 0) is 9.47 Å². The van der Waals surface area contributed by atoms with Crippen LogP contribution in [0.3, 0.4) is 0 Å². The minimum Gasteiger partial charge on any atom is -0.385 e. The lowest BCUT2D eigenvalue weighted by atomic mass is 10.2. The molecule has 1 aromatic rings. The summed E-state index contributed by atoms with van der Waals surface area (Å²) in [6.45, 7) is 4.94.